The Morgan fingerprint density at radius 3 is 2.04 bits per heavy atom. The average Bonchev–Trinajstić information content (AvgIpc) is 3.22. The number of benzene rings is 2. The maximum atomic E-state index is 10.6. The first kappa shape index (κ1) is 16.0. The van der Waals surface area contributed by atoms with Crippen molar-refractivity contribution in [3.63, 3.8) is 0 Å². The summed E-state index contributed by atoms with van der Waals surface area (Å²) in [5, 5.41) is 17.3. The summed E-state index contributed by atoms with van der Waals surface area (Å²) < 4.78 is 1.93. The summed E-state index contributed by atoms with van der Waals surface area (Å²) in [4.78, 5) is 29.2. The molecule has 0 spiro atoms. The molecule has 6 nitrogen and oxygen atoms in total. The van der Waals surface area contributed by atoms with Gasteiger partial charge in [0, 0.05) is 0 Å². The fraction of sp³-hybridized carbons (Fsp3) is 0. The zero-order chi connectivity index (χ0) is 17.1. The number of carbonyl (C=O) groups is 2. The molecule has 0 aliphatic rings. The molecule has 0 saturated carbocycles. The molecule has 0 atom stereocenters. The van der Waals surface area contributed by atoms with Gasteiger partial charge in [-0.15, -0.1) is 22.7 Å². The van der Waals surface area contributed by atoms with Gasteiger partial charge in [-0.3, -0.25) is 0 Å². The summed E-state index contributed by atoms with van der Waals surface area (Å²) in [6, 6.07) is 9.85. The molecule has 4 aromatic rings. The highest BCUT2D eigenvalue weighted by Gasteiger charge is 2.04. The molecule has 0 aliphatic heterocycles. The van der Waals surface area contributed by atoms with Gasteiger partial charge in [0.2, 0.25) is 0 Å². The first-order valence-electron chi connectivity index (χ1n) is 6.67. The summed E-state index contributed by atoms with van der Waals surface area (Å²) in [6.45, 7) is 0. The Kier molecular flexibility index (Phi) is 4.50. The van der Waals surface area contributed by atoms with Crippen molar-refractivity contribution in [2.24, 2.45) is 0 Å². The second kappa shape index (κ2) is 6.73. The molecule has 2 heterocycles. The number of aromatic carboxylic acids is 2. The molecule has 0 fully saturated rings. The second-order valence-corrected chi connectivity index (χ2v) is 6.45. The van der Waals surface area contributed by atoms with Crippen LogP contribution in [0.15, 0.2) is 47.4 Å². The Morgan fingerprint density at radius 2 is 1.33 bits per heavy atom. The van der Waals surface area contributed by atoms with E-state index in [1.807, 2.05) is 0 Å². The second-order valence-electron chi connectivity index (χ2n) is 4.68. The Morgan fingerprint density at radius 1 is 0.750 bits per heavy atom. The third-order valence-corrected chi connectivity index (χ3v) is 4.76. The van der Waals surface area contributed by atoms with Gasteiger partial charge in [0.05, 0.1) is 42.6 Å². The van der Waals surface area contributed by atoms with Gasteiger partial charge in [0.25, 0.3) is 0 Å². The molecule has 2 N–H and O–H groups in total. The van der Waals surface area contributed by atoms with Crippen LogP contribution in [-0.2, 0) is 0 Å². The Labute approximate surface area is 143 Å². The van der Waals surface area contributed by atoms with Crippen LogP contribution in [0.5, 0.6) is 0 Å². The fourth-order valence-corrected chi connectivity index (χ4v) is 3.35. The SMILES string of the molecule is O=C(O)c1ccc2ncsc2c1.O=C(O)c1ccc2scnc2c1. The maximum Gasteiger partial charge on any atom is 0.335 e. The highest BCUT2D eigenvalue weighted by molar-refractivity contribution is 7.17. The summed E-state index contributed by atoms with van der Waals surface area (Å²) in [5.74, 6) is -1.81. The van der Waals surface area contributed by atoms with Crippen molar-refractivity contribution in [1.82, 2.24) is 9.97 Å². The van der Waals surface area contributed by atoms with E-state index in [-0.39, 0.29) is 5.56 Å². The third kappa shape index (κ3) is 3.39. The molecule has 120 valence electrons. The molecule has 0 unspecified atom stereocenters. The molecule has 2 aromatic carbocycles. The highest BCUT2D eigenvalue weighted by Crippen LogP contribution is 2.19. The van der Waals surface area contributed by atoms with Crippen molar-refractivity contribution in [2.45, 2.75) is 0 Å². The Balaban J connectivity index is 0.000000141. The number of aromatic nitrogens is 2. The summed E-state index contributed by atoms with van der Waals surface area (Å²) >= 11 is 2.95. The van der Waals surface area contributed by atoms with Gasteiger partial charge in [-0.05, 0) is 36.4 Å². The van der Waals surface area contributed by atoms with Crippen molar-refractivity contribution in [3.8, 4) is 0 Å². The number of hydrogen-bond donors (Lipinski definition) is 2. The molecule has 2 aromatic heterocycles. The van der Waals surface area contributed by atoms with E-state index in [0.29, 0.717) is 5.56 Å². The quantitative estimate of drug-likeness (QED) is 0.562. The van der Waals surface area contributed by atoms with E-state index in [2.05, 4.69) is 9.97 Å². The Bertz CT molecular complexity index is 955. The summed E-state index contributed by atoms with van der Waals surface area (Å²) in [7, 11) is 0. The van der Waals surface area contributed by atoms with E-state index in [9.17, 15) is 9.59 Å². The lowest BCUT2D eigenvalue weighted by Gasteiger charge is -1.91. The minimum atomic E-state index is -0.912. The van der Waals surface area contributed by atoms with Crippen LogP contribution in [0.4, 0.5) is 0 Å². The molecular weight excluding hydrogens is 348 g/mol. The van der Waals surface area contributed by atoms with E-state index in [4.69, 9.17) is 10.2 Å². The van der Waals surface area contributed by atoms with Crippen LogP contribution in [-0.4, -0.2) is 32.1 Å². The third-order valence-electron chi connectivity index (χ3n) is 3.16. The smallest absolute Gasteiger partial charge is 0.335 e. The van der Waals surface area contributed by atoms with Crippen molar-refractivity contribution in [3.05, 3.63) is 58.5 Å². The minimum absolute atomic E-state index is 0.286. The molecule has 24 heavy (non-hydrogen) atoms. The van der Waals surface area contributed by atoms with Crippen molar-refractivity contribution < 1.29 is 19.8 Å². The summed E-state index contributed by atoms with van der Waals surface area (Å²) in [6.07, 6.45) is 0. The van der Waals surface area contributed by atoms with Gasteiger partial charge in [-0.2, -0.15) is 0 Å². The normalized spacial score (nSPS) is 10.3. The van der Waals surface area contributed by atoms with Crippen LogP contribution in [0.25, 0.3) is 20.4 Å². The van der Waals surface area contributed by atoms with Crippen molar-refractivity contribution in [2.75, 3.05) is 0 Å². The topological polar surface area (TPSA) is 100 Å². The number of hydrogen-bond acceptors (Lipinski definition) is 6. The lowest BCUT2D eigenvalue weighted by atomic mass is 10.2. The molecule has 0 saturated heterocycles. The lowest BCUT2D eigenvalue weighted by molar-refractivity contribution is 0.0686. The molecule has 0 radical (unpaired) electrons. The van der Waals surface area contributed by atoms with Gasteiger partial charge < -0.3 is 10.2 Å². The largest absolute Gasteiger partial charge is 0.478 e. The standard InChI is InChI=1S/2C8H5NO2S/c10-8(11)5-1-2-7-6(3-5)9-4-12-7;10-8(11)5-1-2-6-7(3-5)12-4-9-6/h2*1-4H,(H,10,11). The van der Waals surface area contributed by atoms with Crippen LogP contribution in [0, 0.1) is 0 Å². The number of carboxylic acid groups (broad SMARTS) is 2. The van der Waals surface area contributed by atoms with E-state index >= 15 is 0 Å². The first-order valence-corrected chi connectivity index (χ1v) is 8.43. The molecule has 0 aliphatic carbocycles. The van der Waals surface area contributed by atoms with Crippen LogP contribution in [0.1, 0.15) is 20.7 Å². The van der Waals surface area contributed by atoms with Crippen LogP contribution in [0.2, 0.25) is 0 Å². The van der Waals surface area contributed by atoms with Gasteiger partial charge in [-0.1, -0.05) is 0 Å². The highest BCUT2D eigenvalue weighted by atomic mass is 32.1. The monoisotopic (exact) mass is 358 g/mol. The van der Waals surface area contributed by atoms with Crippen molar-refractivity contribution >= 4 is 55.0 Å². The molecular formula is C16H10N2O4S2. The van der Waals surface area contributed by atoms with Crippen LogP contribution < -0.4 is 0 Å². The van der Waals surface area contributed by atoms with Gasteiger partial charge in [-0.25, -0.2) is 19.6 Å². The lowest BCUT2D eigenvalue weighted by Crippen LogP contribution is -1.94. The van der Waals surface area contributed by atoms with E-state index in [0.717, 1.165) is 20.4 Å². The zero-order valence-electron chi connectivity index (χ0n) is 12.0. The zero-order valence-corrected chi connectivity index (χ0v) is 13.7. The number of fused-ring (bicyclic) bond motifs is 2. The fourth-order valence-electron chi connectivity index (χ4n) is 1.98. The number of thiazole rings is 2. The minimum Gasteiger partial charge on any atom is -0.478 e. The Hall–Kier alpha value is -2.84. The molecule has 0 amide bonds. The van der Waals surface area contributed by atoms with Gasteiger partial charge in [0.15, 0.2) is 0 Å². The molecule has 0 bridgehead atoms. The molecule has 8 heteroatoms. The number of nitrogens with zero attached hydrogens (tertiary/aromatic N) is 2. The predicted octanol–water partition coefficient (Wildman–Crippen LogP) is 3.99. The predicted molar refractivity (Wildman–Crippen MR) is 93.2 cm³/mol. The van der Waals surface area contributed by atoms with E-state index < -0.39 is 11.9 Å². The number of rotatable bonds is 2. The van der Waals surface area contributed by atoms with Gasteiger partial charge in [0.1, 0.15) is 0 Å². The molecule has 4 rings (SSSR count). The van der Waals surface area contributed by atoms with Gasteiger partial charge >= 0.3 is 11.9 Å². The van der Waals surface area contributed by atoms with Crippen LogP contribution >= 0.6 is 22.7 Å². The number of carboxylic acids is 2. The van der Waals surface area contributed by atoms with Crippen LogP contribution in [0.3, 0.4) is 0 Å². The van der Waals surface area contributed by atoms with Crippen molar-refractivity contribution in [1.29, 1.82) is 0 Å². The maximum absolute atomic E-state index is 10.6. The average molecular weight is 358 g/mol. The first-order chi connectivity index (χ1) is 11.5. The van der Waals surface area contributed by atoms with E-state index in [1.165, 1.54) is 22.7 Å². The van der Waals surface area contributed by atoms with E-state index in [1.54, 1.807) is 47.4 Å². The summed E-state index contributed by atoms with van der Waals surface area (Å²) in [5.41, 5.74) is 5.61.